The van der Waals surface area contributed by atoms with Gasteiger partial charge in [0.1, 0.15) is 6.61 Å². The van der Waals surface area contributed by atoms with Crippen molar-refractivity contribution in [2.24, 2.45) is 0 Å². The van der Waals surface area contributed by atoms with Crippen LogP contribution in [-0.4, -0.2) is 48.3 Å². The molecular weight excluding hydrogens is 673 g/mol. The first kappa shape index (κ1) is 39.7. The van der Waals surface area contributed by atoms with Gasteiger partial charge in [-0.3, -0.25) is 0 Å². The van der Waals surface area contributed by atoms with E-state index in [1.54, 1.807) is 0 Å². The van der Waals surface area contributed by atoms with Crippen LogP contribution in [0.2, 0.25) is 10.1 Å². The number of hydrogen-bond acceptors (Lipinski definition) is 4. The molecule has 1 saturated heterocycles. The van der Waals surface area contributed by atoms with Gasteiger partial charge in [0.15, 0.2) is 6.29 Å². The second kappa shape index (κ2) is 18.0. The van der Waals surface area contributed by atoms with Crippen molar-refractivity contribution in [3.05, 3.63) is 134 Å². The van der Waals surface area contributed by atoms with Gasteiger partial charge in [0.25, 0.3) is 16.6 Å². The monoisotopic (exact) mass is 730 g/mol. The molecule has 1 heterocycles. The summed E-state index contributed by atoms with van der Waals surface area (Å²) in [7, 11) is -5.78. The normalized spacial score (nSPS) is 16.7. The average Bonchev–Trinajstić information content (AvgIpc) is 3.16. The Morgan fingerprint density at radius 2 is 1.12 bits per heavy atom. The fourth-order valence-corrected chi connectivity index (χ4v) is 17.1. The fourth-order valence-electron chi connectivity index (χ4n) is 7.70. The summed E-state index contributed by atoms with van der Waals surface area (Å²) < 4.78 is 27.2. The molecule has 0 bridgehead atoms. The van der Waals surface area contributed by atoms with Crippen LogP contribution in [0.1, 0.15) is 73.6 Å². The Bertz CT molecular complexity index is 1640. The Labute approximate surface area is 315 Å². The van der Waals surface area contributed by atoms with Crippen LogP contribution in [0.3, 0.4) is 0 Å². The molecule has 3 atom stereocenters. The van der Waals surface area contributed by atoms with E-state index in [1.807, 2.05) is 6.08 Å². The Morgan fingerprint density at radius 3 is 1.50 bits per heavy atom. The molecule has 0 spiro atoms. The van der Waals surface area contributed by atoms with Gasteiger partial charge in [0.05, 0.1) is 12.2 Å². The Hall–Kier alpha value is -3.55. The topological polar surface area (TPSA) is 36.9 Å². The van der Waals surface area contributed by atoms with Crippen molar-refractivity contribution in [2.45, 2.75) is 102 Å². The largest absolute Gasteiger partial charge is 0.403 e. The van der Waals surface area contributed by atoms with Crippen molar-refractivity contribution < 1.29 is 18.3 Å². The minimum Gasteiger partial charge on any atom is -0.403 e. The number of ether oxygens (including phenoxy) is 2. The SMILES string of the molecule is C=CC(CC(CC#CCO[C@H]1CCCCO1)O[Si](c1ccccc1)(c1ccccc1)C(C)(C)C)O[Si](c1ccccc1)(c1ccccc1)C(C)(C)C. The molecule has 2 unspecified atom stereocenters. The molecule has 1 fully saturated rings. The summed E-state index contributed by atoms with van der Waals surface area (Å²) in [5.41, 5.74) is 0. The van der Waals surface area contributed by atoms with Crippen LogP contribution in [0.25, 0.3) is 0 Å². The molecule has 0 aliphatic carbocycles. The zero-order chi connectivity index (χ0) is 37.1. The molecular formula is C46H58O4Si2. The quantitative estimate of drug-likeness (QED) is 0.0743. The molecule has 4 aromatic rings. The maximum absolute atomic E-state index is 7.77. The minimum atomic E-state index is -2.91. The molecule has 1 aliphatic heterocycles. The maximum Gasteiger partial charge on any atom is 0.261 e. The standard InChI is InChI=1S/C46H58O4Si2/c1-8-38(49-51(45(2,3)4,40-26-13-9-14-27-40)41-28-15-10-16-29-41)37-39(25-21-23-35-47-44-34-22-24-36-48-44)50-52(46(5,6)7,42-30-17-11-18-31-42)43-32-19-12-20-33-43/h8-20,26-33,38-39,44H,1,22,24-25,34-37H2,2-7H3/t38?,39?,44-/m1/s1. The van der Waals surface area contributed by atoms with Gasteiger partial charge in [-0.1, -0.05) is 181 Å². The molecule has 0 radical (unpaired) electrons. The van der Waals surface area contributed by atoms with E-state index in [1.165, 1.54) is 20.7 Å². The lowest BCUT2D eigenvalue weighted by molar-refractivity contribution is -0.154. The smallest absolute Gasteiger partial charge is 0.261 e. The van der Waals surface area contributed by atoms with E-state index in [0.29, 0.717) is 19.4 Å². The zero-order valence-corrected chi connectivity index (χ0v) is 34.1. The highest BCUT2D eigenvalue weighted by atomic mass is 28.4. The highest BCUT2D eigenvalue weighted by Gasteiger charge is 2.53. The Morgan fingerprint density at radius 1 is 0.673 bits per heavy atom. The first-order valence-electron chi connectivity index (χ1n) is 18.9. The van der Waals surface area contributed by atoms with Gasteiger partial charge in [-0.2, -0.15) is 0 Å². The van der Waals surface area contributed by atoms with Crippen LogP contribution < -0.4 is 20.7 Å². The molecule has 5 rings (SSSR count). The number of hydrogen-bond donors (Lipinski definition) is 0. The van der Waals surface area contributed by atoms with Crippen LogP contribution in [0.15, 0.2) is 134 Å². The summed E-state index contributed by atoms with van der Waals surface area (Å²) in [6, 6.07) is 43.3. The molecule has 52 heavy (non-hydrogen) atoms. The second-order valence-corrected chi connectivity index (χ2v) is 24.4. The zero-order valence-electron chi connectivity index (χ0n) is 32.1. The first-order chi connectivity index (χ1) is 25.0. The third-order valence-electron chi connectivity index (χ3n) is 10.2. The van der Waals surface area contributed by atoms with Crippen molar-refractivity contribution in [2.75, 3.05) is 13.2 Å². The van der Waals surface area contributed by atoms with E-state index in [4.69, 9.17) is 18.3 Å². The summed E-state index contributed by atoms with van der Waals surface area (Å²) >= 11 is 0. The lowest BCUT2D eigenvalue weighted by Crippen LogP contribution is -2.68. The third-order valence-corrected chi connectivity index (χ3v) is 20.4. The predicted molar refractivity (Wildman–Crippen MR) is 222 cm³/mol. The first-order valence-corrected chi connectivity index (χ1v) is 22.7. The highest BCUT2D eigenvalue weighted by Crippen LogP contribution is 2.40. The van der Waals surface area contributed by atoms with Gasteiger partial charge in [-0.15, -0.1) is 6.58 Å². The van der Waals surface area contributed by atoms with Gasteiger partial charge in [-0.25, -0.2) is 0 Å². The molecule has 0 aromatic heterocycles. The summed E-state index contributed by atoms with van der Waals surface area (Å²) in [6.45, 7) is 19.4. The van der Waals surface area contributed by atoms with E-state index in [0.717, 1.165) is 25.9 Å². The van der Waals surface area contributed by atoms with E-state index in [2.05, 4.69) is 181 Å². The average molecular weight is 731 g/mol. The van der Waals surface area contributed by atoms with E-state index in [-0.39, 0.29) is 28.6 Å². The summed E-state index contributed by atoms with van der Waals surface area (Å²) in [4.78, 5) is 0. The number of benzene rings is 4. The molecule has 274 valence electrons. The number of rotatable bonds is 14. The van der Waals surface area contributed by atoms with Crippen LogP contribution >= 0.6 is 0 Å². The summed E-state index contributed by atoms with van der Waals surface area (Å²) in [5.74, 6) is 6.78. The molecule has 1 aliphatic rings. The van der Waals surface area contributed by atoms with Crippen LogP contribution in [-0.2, 0) is 18.3 Å². The van der Waals surface area contributed by atoms with Gasteiger partial charge in [0, 0.05) is 19.4 Å². The fraction of sp³-hybridized carbons (Fsp3) is 0.391. The van der Waals surface area contributed by atoms with Gasteiger partial charge in [-0.05, 0) is 50.1 Å². The van der Waals surface area contributed by atoms with Crippen LogP contribution in [0.4, 0.5) is 0 Å². The van der Waals surface area contributed by atoms with Crippen molar-refractivity contribution in [3.63, 3.8) is 0 Å². The molecule has 0 amide bonds. The lowest BCUT2D eigenvalue weighted by Gasteiger charge is -2.47. The third kappa shape index (κ3) is 9.14. The highest BCUT2D eigenvalue weighted by molar-refractivity contribution is 7.00. The Kier molecular flexibility index (Phi) is 13.7. The van der Waals surface area contributed by atoms with Gasteiger partial charge >= 0.3 is 0 Å². The van der Waals surface area contributed by atoms with Crippen LogP contribution in [0, 0.1) is 11.8 Å². The molecule has 4 nitrogen and oxygen atoms in total. The summed E-state index contributed by atoms with van der Waals surface area (Å²) in [6.07, 6.45) is 5.56. The van der Waals surface area contributed by atoms with E-state index >= 15 is 0 Å². The van der Waals surface area contributed by atoms with Crippen molar-refractivity contribution in [3.8, 4) is 11.8 Å². The Balaban J connectivity index is 1.56. The van der Waals surface area contributed by atoms with E-state index in [9.17, 15) is 0 Å². The molecule has 0 saturated carbocycles. The predicted octanol–water partition coefficient (Wildman–Crippen LogP) is 8.39. The van der Waals surface area contributed by atoms with Gasteiger partial charge in [0.2, 0.25) is 0 Å². The van der Waals surface area contributed by atoms with Gasteiger partial charge < -0.3 is 18.3 Å². The molecule has 0 N–H and O–H groups in total. The summed E-state index contributed by atoms with van der Waals surface area (Å²) in [5, 5.41) is 4.60. The van der Waals surface area contributed by atoms with Crippen molar-refractivity contribution in [1.82, 2.24) is 0 Å². The van der Waals surface area contributed by atoms with Crippen molar-refractivity contribution in [1.29, 1.82) is 0 Å². The maximum atomic E-state index is 7.77. The lowest BCUT2D eigenvalue weighted by atomic mass is 10.1. The molecule has 6 heteroatoms. The van der Waals surface area contributed by atoms with Crippen molar-refractivity contribution >= 4 is 37.4 Å². The molecule has 4 aromatic carbocycles. The second-order valence-electron chi connectivity index (χ2n) is 15.9. The van der Waals surface area contributed by atoms with Crippen LogP contribution in [0.5, 0.6) is 0 Å². The van der Waals surface area contributed by atoms with E-state index < -0.39 is 16.6 Å². The minimum absolute atomic E-state index is 0.169.